The van der Waals surface area contributed by atoms with Crippen LogP contribution in [0.25, 0.3) is 0 Å². The maximum absolute atomic E-state index is 11.4. The fraction of sp³-hybridized carbons (Fsp3) is 0.312. The highest BCUT2D eigenvalue weighted by Gasteiger charge is 2.06. The van der Waals surface area contributed by atoms with Crippen LogP contribution in [0.15, 0.2) is 54.6 Å². The fourth-order valence-electron chi connectivity index (χ4n) is 1.84. The van der Waals surface area contributed by atoms with Gasteiger partial charge in [0.15, 0.2) is 0 Å². The van der Waals surface area contributed by atoms with Crippen LogP contribution in [0.1, 0.15) is 18.9 Å². The predicted octanol–water partition coefficient (Wildman–Crippen LogP) is 3.11. The second-order valence-electron chi connectivity index (χ2n) is 4.35. The first-order valence-electron chi connectivity index (χ1n) is 6.24. The van der Waals surface area contributed by atoms with E-state index >= 15 is 0 Å². The summed E-state index contributed by atoms with van der Waals surface area (Å²) < 4.78 is 0. The summed E-state index contributed by atoms with van der Waals surface area (Å²) in [6.07, 6.45) is 5.85. The number of benzene rings is 1. The Balaban J connectivity index is 2.58. The van der Waals surface area contributed by atoms with E-state index in [4.69, 9.17) is 0 Å². The van der Waals surface area contributed by atoms with Crippen LogP contribution < -0.4 is 5.32 Å². The van der Waals surface area contributed by atoms with Crippen molar-refractivity contribution in [2.45, 2.75) is 19.8 Å². The number of carbonyl (C=O) groups is 1. The molecule has 2 nitrogen and oxygen atoms in total. The highest BCUT2D eigenvalue weighted by molar-refractivity contribution is 5.92. The van der Waals surface area contributed by atoms with Crippen LogP contribution in [0, 0.1) is 5.92 Å². The number of rotatable bonds is 6. The average molecular weight is 243 g/mol. The van der Waals surface area contributed by atoms with Crippen LogP contribution in [0.2, 0.25) is 0 Å². The average Bonchev–Trinajstić information content (AvgIpc) is 2.43. The first-order valence-corrected chi connectivity index (χ1v) is 6.24. The van der Waals surface area contributed by atoms with Gasteiger partial charge in [0.05, 0.1) is 0 Å². The van der Waals surface area contributed by atoms with Crippen molar-refractivity contribution in [3.8, 4) is 0 Å². The van der Waals surface area contributed by atoms with Crippen LogP contribution in [-0.2, 0) is 11.2 Å². The number of allylic oxidation sites excluding steroid dienone is 2. The number of hydrogen-bond acceptors (Lipinski definition) is 1. The lowest BCUT2D eigenvalue weighted by Crippen LogP contribution is -2.19. The van der Waals surface area contributed by atoms with Gasteiger partial charge in [-0.05, 0) is 31.2 Å². The summed E-state index contributed by atoms with van der Waals surface area (Å²) in [6, 6.07) is 10.3. The van der Waals surface area contributed by atoms with Crippen molar-refractivity contribution < 1.29 is 4.79 Å². The molecule has 1 rings (SSSR count). The first kappa shape index (κ1) is 14.2. The zero-order chi connectivity index (χ0) is 13.4. The van der Waals surface area contributed by atoms with E-state index in [9.17, 15) is 4.79 Å². The van der Waals surface area contributed by atoms with E-state index < -0.39 is 0 Å². The lowest BCUT2D eigenvalue weighted by atomic mass is 9.97. The van der Waals surface area contributed by atoms with Gasteiger partial charge in [-0.15, -0.1) is 6.58 Å². The molecule has 1 amide bonds. The molecule has 0 heterocycles. The van der Waals surface area contributed by atoms with Crippen LogP contribution in [0.3, 0.4) is 0 Å². The summed E-state index contributed by atoms with van der Waals surface area (Å²) in [5.74, 6) is 0.212. The maximum atomic E-state index is 11.4. The number of carbonyl (C=O) groups excluding carboxylic acids is 1. The Labute approximate surface area is 109 Å². The Kier molecular flexibility index (Phi) is 5.92. The number of amides is 1. The van der Waals surface area contributed by atoms with E-state index in [1.165, 1.54) is 5.56 Å². The molecule has 18 heavy (non-hydrogen) atoms. The van der Waals surface area contributed by atoms with Crippen LogP contribution in [0.4, 0.5) is 0 Å². The van der Waals surface area contributed by atoms with E-state index in [2.05, 4.69) is 24.0 Å². The molecule has 2 heteroatoms. The van der Waals surface area contributed by atoms with E-state index in [0.29, 0.717) is 0 Å². The molecule has 1 aromatic carbocycles. The third kappa shape index (κ3) is 4.58. The van der Waals surface area contributed by atoms with Gasteiger partial charge in [0, 0.05) is 12.6 Å². The Bertz CT molecular complexity index is 420. The Morgan fingerprint density at radius 2 is 2.06 bits per heavy atom. The molecule has 0 aromatic heterocycles. The molecule has 0 spiro atoms. The monoisotopic (exact) mass is 243 g/mol. The van der Waals surface area contributed by atoms with Crippen molar-refractivity contribution in [2.75, 3.05) is 7.05 Å². The van der Waals surface area contributed by atoms with Crippen LogP contribution in [0.5, 0.6) is 0 Å². The summed E-state index contributed by atoms with van der Waals surface area (Å²) >= 11 is 0. The molecular weight excluding hydrogens is 222 g/mol. The SMILES string of the molecule is C=CC(/C=C(\C)C(=O)NC)CCc1ccccc1. The topological polar surface area (TPSA) is 29.1 Å². The van der Waals surface area contributed by atoms with Gasteiger partial charge in [-0.25, -0.2) is 0 Å². The molecular formula is C16H21NO. The standard InChI is InChI=1S/C16H21NO/c1-4-14(12-13(2)16(18)17-3)10-11-15-8-6-5-7-9-15/h4-9,12,14H,1,10-11H2,2-3H3,(H,17,18)/b13-12+. The third-order valence-corrected chi connectivity index (χ3v) is 2.96. The summed E-state index contributed by atoms with van der Waals surface area (Å²) in [7, 11) is 1.65. The summed E-state index contributed by atoms with van der Waals surface area (Å²) in [6.45, 7) is 5.67. The predicted molar refractivity (Wildman–Crippen MR) is 76.3 cm³/mol. The number of likely N-dealkylation sites (N-methyl/N-ethyl adjacent to an activating group) is 1. The molecule has 96 valence electrons. The normalized spacial score (nSPS) is 12.9. The van der Waals surface area contributed by atoms with Gasteiger partial charge in [-0.3, -0.25) is 4.79 Å². The summed E-state index contributed by atoms with van der Waals surface area (Å²) in [4.78, 5) is 11.4. The lowest BCUT2D eigenvalue weighted by molar-refractivity contribution is -0.117. The zero-order valence-corrected chi connectivity index (χ0v) is 11.1. The summed E-state index contributed by atoms with van der Waals surface area (Å²) in [5, 5.41) is 2.63. The third-order valence-electron chi connectivity index (χ3n) is 2.96. The van der Waals surface area contributed by atoms with Gasteiger partial charge in [0.25, 0.3) is 0 Å². The Morgan fingerprint density at radius 1 is 1.39 bits per heavy atom. The fourth-order valence-corrected chi connectivity index (χ4v) is 1.84. The molecule has 0 bridgehead atoms. The second kappa shape index (κ2) is 7.49. The van der Waals surface area contributed by atoms with Gasteiger partial charge in [-0.2, -0.15) is 0 Å². The Hall–Kier alpha value is -1.83. The minimum atomic E-state index is -0.0263. The molecule has 0 aliphatic heterocycles. The van der Waals surface area contributed by atoms with Gasteiger partial charge in [-0.1, -0.05) is 42.5 Å². The molecule has 0 fully saturated rings. The van der Waals surface area contributed by atoms with Gasteiger partial charge < -0.3 is 5.32 Å². The maximum Gasteiger partial charge on any atom is 0.246 e. The lowest BCUT2D eigenvalue weighted by Gasteiger charge is -2.09. The van der Waals surface area contributed by atoms with E-state index in [-0.39, 0.29) is 11.8 Å². The quantitative estimate of drug-likeness (QED) is 0.603. The number of hydrogen-bond donors (Lipinski definition) is 1. The van der Waals surface area contributed by atoms with Crippen molar-refractivity contribution in [1.29, 1.82) is 0 Å². The van der Waals surface area contributed by atoms with Gasteiger partial charge >= 0.3 is 0 Å². The second-order valence-corrected chi connectivity index (χ2v) is 4.35. The van der Waals surface area contributed by atoms with Gasteiger partial charge in [0.1, 0.15) is 0 Å². The van der Waals surface area contributed by atoms with Crippen molar-refractivity contribution in [3.05, 3.63) is 60.2 Å². The zero-order valence-electron chi connectivity index (χ0n) is 11.1. The molecule has 0 saturated heterocycles. The van der Waals surface area contributed by atoms with Crippen molar-refractivity contribution in [1.82, 2.24) is 5.32 Å². The van der Waals surface area contributed by atoms with E-state index in [0.717, 1.165) is 18.4 Å². The number of aryl methyl sites for hydroxylation is 1. The summed E-state index contributed by atoms with van der Waals surface area (Å²) in [5.41, 5.74) is 2.06. The highest BCUT2D eigenvalue weighted by atomic mass is 16.1. The molecule has 1 aromatic rings. The number of nitrogens with one attached hydrogen (secondary N) is 1. The molecule has 1 N–H and O–H groups in total. The van der Waals surface area contributed by atoms with Crippen molar-refractivity contribution in [2.24, 2.45) is 5.92 Å². The van der Waals surface area contributed by atoms with Crippen LogP contribution >= 0.6 is 0 Å². The largest absolute Gasteiger partial charge is 0.355 e. The Morgan fingerprint density at radius 3 is 2.61 bits per heavy atom. The molecule has 0 saturated carbocycles. The first-order chi connectivity index (χ1) is 8.67. The minimum Gasteiger partial charge on any atom is -0.355 e. The smallest absolute Gasteiger partial charge is 0.246 e. The molecule has 0 radical (unpaired) electrons. The minimum absolute atomic E-state index is 0.0263. The van der Waals surface area contributed by atoms with Crippen molar-refractivity contribution in [3.63, 3.8) is 0 Å². The van der Waals surface area contributed by atoms with Crippen LogP contribution in [-0.4, -0.2) is 13.0 Å². The van der Waals surface area contributed by atoms with E-state index in [1.807, 2.05) is 37.3 Å². The molecule has 0 aliphatic rings. The molecule has 1 atom stereocenters. The molecule has 0 aliphatic carbocycles. The highest BCUT2D eigenvalue weighted by Crippen LogP contribution is 2.14. The van der Waals surface area contributed by atoms with Crippen molar-refractivity contribution >= 4 is 5.91 Å². The molecule has 1 unspecified atom stereocenters. The van der Waals surface area contributed by atoms with E-state index in [1.54, 1.807) is 7.05 Å². The van der Waals surface area contributed by atoms with Gasteiger partial charge in [0.2, 0.25) is 5.91 Å².